The lowest BCUT2D eigenvalue weighted by molar-refractivity contribution is -0.155. The van der Waals surface area contributed by atoms with E-state index in [4.69, 9.17) is 0 Å². The van der Waals surface area contributed by atoms with Crippen LogP contribution in [0, 0.1) is 0 Å². The molecule has 0 aromatic rings. The first-order chi connectivity index (χ1) is 8.90. The maximum absolute atomic E-state index is 11.6. The lowest BCUT2D eigenvalue weighted by Crippen LogP contribution is -2.30. The van der Waals surface area contributed by atoms with Gasteiger partial charge in [-0.2, -0.15) is 0 Å². The monoisotopic (exact) mass is 267 g/mol. The maximum atomic E-state index is 11.6. The SMILES string of the molecule is CCCCN/C(C)=C1\C(=O)OC(=O)C(C(C)=O)=C1O. The molecule has 0 amide bonds. The Kier molecular flexibility index (Phi) is 4.86. The van der Waals surface area contributed by atoms with Crippen molar-refractivity contribution in [1.29, 1.82) is 0 Å². The molecule has 0 radical (unpaired) electrons. The number of aliphatic hydroxyl groups is 1. The number of aliphatic hydroxyl groups excluding tert-OH is 1. The summed E-state index contributed by atoms with van der Waals surface area (Å²) in [7, 11) is 0. The molecule has 0 unspecified atom stereocenters. The standard InChI is InChI=1S/C13H17NO5/c1-4-5-6-14-7(2)9-11(16)10(8(3)15)13(18)19-12(9)17/h14,16H,4-6H2,1-3H3/b9-7-. The van der Waals surface area contributed by atoms with Gasteiger partial charge >= 0.3 is 11.9 Å². The summed E-state index contributed by atoms with van der Waals surface area (Å²) in [6.07, 6.45) is 1.86. The highest BCUT2D eigenvalue weighted by atomic mass is 16.6. The van der Waals surface area contributed by atoms with E-state index < -0.39 is 29.1 Å². The molecule has 6 nitrogen and oxygen atoms in total. The minimum absolute atomic E-state index is 0.166. The summed E-state index contributed by atoms with van der Waals surface area (Å²) in [5.74, 6) is -3.32. The summed E-state index contributed by atoms with van der Waals surface area (Å²) in [6, 6.07) is 0. The Hall–Kier alpha value is -2.11. The second-order valence-corrected chi connectivity index (χ2v) is 4.24. The Labute approximate surface area is 111 Å². The number of ether oxygens (including phenoxy) is 1. The molecule has 0 aromatic carbocycles. The summed E-state index contributed by atoms with van der Waals surface area (Å²) in [5, 5.41) is 12.9. The summed E-state index contributed by atoms with van der Waals surface area (Å²) < 4.78 is 4.46. The first-order valence-corrected chi connectivity index (χ1v) is 6.05. The van der Waals surface area contributed by atoms with Crippen LogP contribution in [0.4, 0.5) is 0 Å². The number of rotatable bonds is 5. The number of Topliss-reactive ketones (excluding diaryl/α,β-unsaturated/α-hetero) is 1. The molecule has 2 N–H and O–H groups in total. The van der Waals surface area contributed by atoms with Gasteiger partial charge in [0, 0.05) is 12.2 Å². The lowest BCUT2D eigenvalue weighted by atomic mass is 10.0. The molecule has 0 aromatic heterocycles. The normalized spacial score (nSPS) is 18.3. The Morgan fingerprint density at radius 1 is 1.26 bits per heavy atom. The third-order valence-electron chi connectivity index (χ3n) is 2.71. The van der Waals surface area contributed by atoms with Gasteiger partial charge in [0.15, 0.2) is 5.78 Å². The highest BCUT2D eigenvalue weighted by Gasteiger charge is 2.36. The minimum Gasteiger partial charge on any atom is -0.506 e. The molecule has 104 valence electrons. The van der Waals surface area contributed by atoms with Crippen LogP contribution in [0.5, 0.6) is 0 Å². The summed E-state index contributed by atoms with van der Waals surface area (Å²) in [4.78, 5) is 34.3. The number of hydrogen-bond acceptors (Lipinski definition) is 6. The Morgan fingerprint density at radius 2 is 1.89 bits per heavy atom. The van der Waals surface area contributed by atoms with Crippen LogP contribution in [0.3, 0.4) is 0 Å². The number of esters is 2. The van der Waals surface area contributed by atoms with Crippen LogP contribution >= 0.6 is 0 Å². The molecule has 6 heteroatoms. The topological polar surface area (TPSA) is 92.7 Å². The number of allylic oxidation sites excluding steroid dienone is 1. The Bertz CT molecular complexity index is 487. The van der Waals surface area contributed by atoms with Crippen LogP contribution in [0.15, 0.2) is 22.6 Å². The van der Waals surface area contributed by atoms with Crippen molar-refractivity contribution in [3.05, 3.63) is 22.6 Å². The fourth-order valence-corrected chi connectivity index (χ4v) is 1.69. The zero-order valence-electron chi connectivity index (χ0n) is 11.2. The molecule has 1 heterocycles. The van der Waals surface area contributed by atoms with E-state index in [1.165, 1.54) is 0 Å². The van der Waals surface area contributed by atoms with Crippen molar-refractivity contribution in [2.45, 2.75) is 33.6 Å². The van der Waals surface area contributed by atoms with Gasteiger partial charge in [-0.1, -0.05) is 13.3 Å². The van der Waals surface area contributed by atoms with Gasteiger partial charge in [-0.15, -0.1) is 0 Å². The van der Waals surface area contributed by atoms with Crippen LogP contribution < -0.4 is 5.32 Å². The third-order valence-corrected chi connectivity index (χ3v) is 2.71. The van der Waals surface area contributed by atoms with E-state index in [0.29, 0.717) is 12.2 Å². The van der Waals surface area contributed by atoms with E-state index in [9.17, 15) is 19.5 Å². The first-order valence-electron chi connectivity index (χ1n) is 6.05. The molecule has 1 rings (SSSR count). The average Bonchev–Trinajstić information content (AvgIpc) is 2.27. The Balaban J connectivity index is 3.17. The summed E-state index contributed by atoms with van der Waals surface area (Å²) >= 11 is 0. The number of nitrogens with one attached hydrogen (secondary N) is 1. The predicted molar refractivity (Wildman–Crippen MR) is 67.0 cm³/mol. The van der Waals surface area contributed by atoms with E-state index in [1.807, 2.05) is 6.92 Å². The Morgan fingerprint density at radius 3 is 2.42 bits per heavy atom. The van der Waals surface area contributed by atoms with E-state index in [1.54, 1.807) is 6.92 Å². The van der Waals surface area contributed by atoms with Gasteiger partial charge in [-0.05, 0) is 20.3 Å². The molecule has 0 fully saturated rings. The van der Waals surface area contributed by atoms with Crippen LogP contribution in [0.1, 0.15) is 33.6 Å². The number of cyclic esters (lactones) is 2. The fourth-order valence-electron chi connectivity index (χ4n) is 1.69. The molecule has 0 atom stereocenters. The van der Waals surface area contributed by atoms with E-state index in [2.05, 4.69) is 10.1 Å². The van der Waals surface area contributed by atoms with Crippen molar-refractivity contribution < 1.29 is 24.2 Å². The van der Waals surface area contributed by atoms with Crippen molar-refractivity contribution in [3.8, 4) is 0 Å². The second-order valence-electron chi connectivity index (χ2n) is 4.24. The molecular formula is C13H17NO5. The van der Waals surface area contributed by atoms with Crippen molar-refractivity contribution in [1.82, 2.24) is 5.32 Å². The van der Waals surface area contributed by atoms with Crippen molar-refractivity contribution >= 4 is 17.7 Å². The van der Waals surface area contributed by atoms with Gasteiger partial charge in [0.2, 0.25) is 0 Å². The van der Waals surface area contributed by atoms with Gasteiger partial charge in [-0.3, -0.25) is 4.79 Å². The van der Waals surface area contributed by atoms with Gasteiger partial charge in [0.1, 0.15) is 16.9 Å². The van der Waals surface area contributed by atoms with Crippen molar-refractivity contribution in [2.24, 2.45) is 0 Å². The molecule has 0 saturated carbocycles. The maximum Gasteiger partial charge on any atom is 0.353 e. The second kappa shape index (κ2) is 6.17. The van der Waals surface area contributed by atoms with Crippen LogP contribution in [-0.4, -0.2) is 29.4 Å². The molecular weight excluding hydrogens is 250 g/mol. The van der Waals surface area contributed by atoms with Gasteiger partial charge in [-0.25, -0.2) is 9.59 Å². The third kappa shape index (κ3) is 3.21. The lowest BCUT2D eigenvalue weighted by Gasteiger charge is -2.18. The van der Waals surface area contributed by atoms with Crippen LogP contribution in [0.2, 0.25) is 0 Å². The molecule has 0 spiro atoms. The largest absolute Gasteiger partial charge is 0.506 e. The first kappa shape index (κ1) is 14.9. The molecule has 0 bridgehead atoms. The van der Waals surface area contributed by atoms with E-state index in [0.717, 1.165) is 19.8 Å². The van der Waals surface area contributed by atoms with Crippen LogP contribution in [0.25, 0.3) is 0 Å². The quantitative estimate of drug-likeness (QED) is 0.255. The molecule has 1 aliphatic heterocycles. The van der Waals surface area contributed by atoms with Gasteiger partial charge < -0.3 is 15.2 Å². The highest BCUT2D eigenvalue weighted by Crippen LogP contribution is 2.23. The number of carbonyl (C=O) groups excluding carboxylic acids is 3. The molecule has 0 aliphatic carbocycles. The minimum atomic E-state index is -1.11. The van der Waals surface area contributed by atoms with Crippen molar-refractivity contribution in [2.75, 3.05) is 6.54 Å². The highest BCUT2D eigenvalue weighted by molar-refractivity contribution is 6.23. The molecule has 0 saturated heterocycles. The number of hydrogen-bond donors (Lipinski definition) is 2. The molecule has 19 heavy (non-hydrogen) atoms. The smallest absolute Gasteiger partial charge is 0.353 e. The molecule has 1 aliphatic rings. The summed E-state index contributed by atoms with van der Waals surface area (Å²) in [6.45, 7) is 5.34. The zero-order valence-corrected chi connectivity index (χ0v) is 11.2. The predicted octanol–water partition coefficient (Wildman–Crippen LogP) is 1.13. The number of carbonyl (C=O) groups is 3. The van der Waals surface area contributed by atoms with Gasteiger partial charge in [0.05, 0.1) is 0 Å². The zero-order chi connectivity index (χ0) is 14.6. The van der Waals surface area contributed by atoms with E-state index in [-0.39, 0.29) is 5.57 Å². The fraction of sp³-hybridized carbons (Fsp3) is 0.462. The number of ketones is 1. The van der Waals surface area contributed by atoms with E-state index >= 15 is 0 Å². The van der Waals surface area contributed by atoms with Crippen LogP contribution in [-0.2, 0) is 19.1 Å². The number of unbranched alkanes of at least 4 members (excludes halogenated alkanes) is 1. The summed E-state index contributed by atoms with van der Waals surface area (Å²) in [5.41, 5.74) is -0.283. The average molecular weight is 267 g/mol. The van der Waals surface area contributed by atoms with Gasteiger partial charge in [0.25, 0.3) is 0 Å². The van der Waals surface area contributed by atoms with Crippen molar-refractivity contribution in [3.63, 3.8) is 0 Å².